The van der Waals surface area contributed by atoms with Gasteiger partial charge < -0.3 is 4.74 Å². The topological polar surface area (TPSA) is 49.9 Å². The Bertz CT molecular complexity index is 539. The Kier molecular flexibility index (Phi) is 3.73. The van der Waals surface area contributed by atoms with Crippen molar-refractivity contribution in [3.8, 4) is 0 Å². The van der Waals surface area contributed by atoms with Gasteiger partial charge in [0.05, 0.1) is 17.6 Å². The van der Waals surface area contributed by atoms with Crippen molar-refractivity contribution in [1.29, 1.82) is 0 Å². The SMILES string of the molecule is Cc1ccc(S(=O)(=O)N(CC2CO2)C(C)(C)C)cc1. The highest BCUT2D eigenvalue weighted by Gasteiger charge is 2.38. The van der Waals surface area contributed by atoms with E-state index in [1.807, 2.05) is 39.8 Å². The fraction of sp³-hybridized carbons (Fsp3) is 0.571. The molecular formula is C14H21NO3S. The number of sulfonamides is 1. The van der Waals surface area contributed by atoms with Gasteiger partial charge in [-0.1, -0.05) is 17.7 Å². The molecule has 2 rings (SSSR count). The lowest BCUT2D eigenvalue weighted by Gasteiger charge is -2.34. The van der Waals surface area contributed by atoms with E-state index in [1.54, 1.807) is 12.1 Å². The van der Waals surface area contributed by atoms with E-state index in [0.29, 0.717) is 18.0 Å². The van der Waals surface area contributed by atoms with Crippen LogP contribution in [0.25, 0.3) is 0 Å². The van der Waals surface area contributed by atoms with Gasteiger partial charge in [0.15, 0.2) is 0 Å². The number of nitrogens with zero attached hydrogens (tertiary/aromatic N) is 1. The molecule has 4 nitrogen and oxygen atoms in total. The van der Waals surface area contributed by atoms with E-state index in [4.69, 9.17) is 4.74 Å². The van der Waals surface area contributed by atoms with Crippen LogP contribution < -0.4 is 0 Å². The molecule has 0 spiro atoms. The molecule has 1 saturated heterocycles. The second kappa shape index (κ2) is 4.89. The van der Waals surface area contributed by atoms with Crippen molar-refractivity contribution in [2.75, 3.05) is 13.2 Å². The van der Waals surface area contributed by atoms with Crippen LogP contribution in [0.5, 0.6) is 0 Å². The Morgan fingerprint density at radius 2 is 1.79 bits per heavy atom. The summed E-state index contributed by atoms with van der Waals surface area (Å²) in [6.07, 6.45) is 0.0412. The summed E-state index contributed by atoms with van der Waals surface area (Å²) in [7, 11) is -3.48. The molecule has 5 heteroatoms. The second-order valence-electron chi connectivity index (χ2n) is 5.98. The summed E-state index contributed by atoms with van der Waals surface area (Å²) in [6, 6.07) is 6.97. The van der Waals surface area contributed by atoms with Gasteiger partial charge in [-0.25, -0.2) is 8.42 Å². The van der Waals surface area contributed by atoms with E-state index in [9.17, 15) is 8.42 Å². The Labute approximate surface area is 115 Å². The van der Waals surface area contributed by atoms with Crippen LogP contribution in [-0.2, 0) is 14.8 Å². The predicted molar refractivity (Wildman–Crippen MR) is 74.6 cm³/mol. The van der Waals surface area contributed by atoms with E-state index in [2.05, 4.69) is 0 Å². The summed E-state index contributed by atoms with van der Waals surface area (Å²) < 4.78 is 32.2. The van der Waals surface area contributed by atoms with Crippen molar-refractivity contribution in [2.45, 2.75) is 44.2 Å². The molecule has 1 aromatic rings. The van der Waals surface area contributed by atoms with Gasteiger partial charge in [-0.15, -0.1) is 0 Å². The molecule has 19 heavy (non-hydrogen) atoms. The smallest absolute Gasteiger partial charge is 0.243 e. The first-order valence-electron chi connectivity index (χ1n) is 6.42. The van der Waals surface area contributed by atoms with Gasteiger partial charge >= 0.3 is 0 Å². The van der Waals surface area contributed by atoms with E-state index in [0.717, 1.165) is 5.56 Å². The first-order chi connectivity index (χ1) is 8.71. The van der Waals surface area contributed by atoms with Crippen LogP contribution >= 0.6 is 0 Å². The van der Waals surface area contributed by atoms with Crippen LogP contribution in [0.15, 0.2) is 29.2 Å². The standard InChI is InChI=1S/C14H21NO3S/c1-11-5-7-13(8-6-11)19(16,17)15(14(2,3)4)9-12-10-18-12/h5-8,12H,9-10H2,1-4H3. The predicted octanol–water partition coefficient (Wildman–Crippen LogP) is 2.18. The molecule has 1 aliphatic rings. The molecule has 106 valence electrons. The van der Waals surface area contributed by atoms with Gasteiger partial charge in [0.2, 0.25) is 10.0 Å². The number of hydrogen-bond acceptors (Lipinski definition) is 3. The molecule has 1 heterocycles. The minimum atomic E-state index is -3.48. The lowest BCUT2D eigenvalue weighted by molar-refractivity contribution is 0.227. The highest BCUT2D eigenvalue weighted by atomic mass is 32.2. The fourth-order valence-electron chi connectivity index (χ4n) is 1.93. The molecule has 0 aromatic heterocycles. The highest BCUT2D eigenvalue weighted by Crippen LogP contribution is 2.27. The number of aryl methyl sites for hydroxylation is 1. The Balaban J connectivity index is 2.35. The third kappa shape index (κ3) is 3.35. The molecule has 0 amide bonds. The van der Waals surface area contributed by atoms with Crippen LogP contribution in [0.1, 0.15) is 26.3 Å². The van der Waals surface area contributed by atoms with Gasteiger partial charge in [-0.3, -0.25) is 0 Å². The number of ether oxygens (including phenoxy) is 1. The Morgan fingerprint density at radius 3 is 2.21 bits per heavy atom. The minimum Gasteiger partial charge on any atom is -0.372 e. The molecule has 1 aliphatic heterocycles. The van der Waals surface area contributed by atoms with Crippen molar-refractivity contribution in [3.63, 3.8) is 0 Å². The van der Waals surface area contributed by atoms with Crippen LogP contribution in [0.4, 0.5) is 0 Å². The van der Waals surface area contributed by atoms with Gasteiger partial charge in [0.1, 0.15) is 0 Å². The maximum atomic E-state index is 12.7. The quantitative estimate of drug-likeness (QED) is 0.796. The molecule has 1 aromatic carbocycles. The molecule has 0 saturated carbocycles. The summed E-state index contributed by atoms with van der Waals surface area (Å²) >= 11 is 0. The summed E-state index contributed by atoms with van der Waals surface area (Å²) in [5, 5.41) is 0. The molecule has 1 unspecified atom stereocenters. The van der Waals surface area contributed by atoms with Gasteiger partial charge in [0.25, 0.3) is 0 Å². The lowest BCUT2D eigenvalue weighted by Crippen LogP contribution is -2.47. The van der Waals surface area contributed by atoms with Gasteiger partial charge in [0, 0.05) is 12.1 Å². The van der Waals surface area contributed by atoms with Crippen LogP contribution in [0.2, 0.25) is 0 Å². The third-order valence-electron chi connectivity index (χ3n) is 3.13. The molecule has 0 N–H and O–H groups in total. The second-order valence-corrected chi connectivity index (χ2v) is 7.84. The van der Waals surface area contributed by atoms with E-state index in [1.165, 1.54) is 4.31 Å². The largest absolute Gasteiger partial charge is 0.372 e. The lowest BCUT2D eigenvalue weighted by atomic mass is 10.1. The fourth-order valence-corrected chi connectivity index (χ4v) is 3.75. The van der Waals surface area contributed by atoms with Crippen molar-refractivity contribution < 1.29 is 13.2 Å². The van der Waals surface area contributed by atoms with E-state index < -0.39 is 15.6 Å². The summed E-state index contributed by atoms with van der Waals surface area (Å²) in [4.78, 5) is 0.341. The molecule has 1 fully saturated rings. The molecule has 1 atom stereocenters. The number of rotatable bonds is 4. The highest BCUT2D eigenvalue weighted by molar-refractivity contribution is 7.89. The van der Waals surface area contributed by atoms with E-state index in [-0.39, 0.29) is 6.10 Å². The summed E-state index contributed by atoms with van der Waals surface area (Å²) in [6.45, 7) is 8.72. The van der Waals surface area contributed by atoms with Crippen molar-refractivity contribution in [2.24, 2.45) is 0 Å². The van der Waals surface area contributed by atoms with Crippen LogP contribution in [-0.4, -0.2) is 37.5 Å². The molecule has 0 aliphatic carbocycles. The average molecular weight is 283 g/mol. The molecule has 0 bridgehead atoms. The van der Waals surface area contributed by atoms with Gasteiger partial charge in [-0.2, -0.15) is 4.31 Å². The monoisotopic (exact) mass is 283 g/mol. The number of benzene rings is 1. The molecule has 0 radical (unpaired) electrons. The van der Waals surface area contributed by atoms with Crippen LogP contribution in [0.3, 0.4) is 0 Å². The normalized spacial score (nSPS) is 19.7. The third-order valence-corrected chi connectivity index (χ3v) is 5.27. The zero-order valence-corrected chi connectivity index (χ0v) is 12.7. The maximum absolute atomic E-state index is 12.7. The first kappa shape index (κ1) is 14.5. The zero-order chi connectivity index (χ0) is 14.3. The average Bonchev–Trinajstić information content (AvgIpc) is 3.08. The Hall–Kier alpha value is -0.910. The van der Waals surface area contributed by atoms with Crippen LogP contribution in [0, 0.1) is 6.92 Å². The van der Waals surface area contributed by atoms with Gasteiger partial charge in [-0.05, 0) is 39.8 Å². The Morgan fingerprint density at radius 1 is 1.26 bits per heavy atom. The number of epoxide rings is 1. The maximum Gasteiger partial charge on any atom is 0.243 e. The number of hydrogen-bond donors (Lipinski definition) is 0. The zero-order valence-electron chi connectivity index (χ0n) is 11.9. The summed E-state index contributed by atoms with van der Waals surface area (Å²) in [5.41, 5.74) is 0.585. The minimum absolute atomic E-state index is 0.0412. The first-order valence-corrected chi connectivity index (χ1v) is 7.86. The van der Waals surface area contributed by atoms with Crippen molar-refractivity contribution in [3.05, 3.63) is 29.8 Å². The summed E-state index contributed by atoms with van der Waals surface area (Å²) in [5.74, 6) is 0. The van der Waals surface area contributed by atoms with Crippen molar-refractivity contribution >= 4 is 10.0 Å². The molecular weight excluding hydrogens is 262 g/mol. The van der Waals surface area contributed by atoms with E-state index >= 15 is 0 Å². The van der Waals surface area contributed by atoms with Crippen molar-refractivity contribution in [1.82, 2.24) is 4.31 Å².